The molecule has 1 atom stereocenters. The molecule has 1 unspecified atom stereocenters. The van der Waals surface area contributed by atoms with E-state index in [1.54, 1.807) is 26.3 Å². The molecule has 0 spiro atoms. The van der Waals surface area contributed by atoms with E-state index in [1.807, 2.05) is 0 Å². The number of hydrogen-bond acceptors (Lipinski definition) is 2. The minimum atomic E-state index is -0.397. The van der Waals surface area contributed by atoms with Crippen molar-refractivity contribution in [3.63, 3.8) is 0 Å². The summed E-state index contributed by atoms with van der Waals surface area (Å²) in [6, 6.07) is 4.74. The van der Waals surface area contributed by atoms with Gasteiger partial charge in [0.05, 0.1) is 11.6 Å². The van der Waals surface area contributed by atoms with E-state index in [4.69, 9.17) is 16.3 Å². The van der Waals surface area contributed by atoms with Crippen LogP contribution in [0.3, 0.4) is 0 Å². The number of nitrogens with zero attached hydrogens (tertiary/aromatic N) is 2. The van der Waals surface area contributed by atoms with Gasteiger partial charge in [-0.25, -0.2) is 4.39 Å². The van der Waals surface area contributed by atoms with E-state index in [9.17, 15) is 4.39 Å². The van der Waals surface area contributed by atoms with Gasteiger partial charge < -0.3 is 15.0 Å². The molecule has 1 aromatic rings. The van der Waals surface area contributed by atoms with Gasteiger partial charge in [-0.1, -0.05) is 17.7 Å². The second kappa shape index (κ2) is 9.52. The number of nitrogens with one attached hydrogen (secondary N) is 1. The Kier molecular flexibility index (Phi) is 8.41. The van der Waals surface area contributed by atoms with Crippen LogP contribution in [0.2, 0.25) is 5.02 Å². The standard InChI is InChI=1S/C15H21ClFN3O.HI/c1-18-15(20-6-5-12(9-20)10-21-2)19-8-11-3-4-14(17)13(16)7-11;/h3-4,7,12H,5-6,8-10H2,1-2H3,(H,18,19);1H. The van der Waals surface area contributed by atoms with Crippen LogP contribution >= 0.6 is 35.6 Å². The zero-order valence-corrected chi connectivity index (χ0v) is 15.9. The maximum absolute atomic E-state index is 13.1. The Morgan fingerprint density at radius 3 is 2.95 bits per heavy atom. The van der Waals surface area contributed by atoms with Gasteiger partial charge in [0.2, 0.25) is 0 Å². The first kappa shape index (κ1) is 19.4. The number of rotatable bonds is 4. The summed E-state index contributed by atoms with van der Waals surface area (Å²) < 4.78 is 18.3. The maximum Gasteiger partial charge on any atom is 0.193 e. The molecule has 1 saturated heterocycles. The number of benzene rings is 1. The second-order valence-electron chi connectivity index (χ2n) is 5.21. The van der Waals surface area contributed by atoms with Crippen LogP contribution in [0.1, 0.15) is 12.0 Å². The molecule has 4 nitrogen and oxygen atoms in total. The fraction of sp³-hybridized carbons (Fsp3) is 0.533. The summed E-state index contributed by atoms with van der Waals surface area (Å²) in [7, 11) is 3.50. The molecule has 0 aliphatic carbocycles. The van der Waals surface area contributed by atoms with Gasteiger partial charge in [0.15, 0.2) is 5.96 Å². The number of hydrogen-bond donors (Lipinski definition) is 1. The van der Waals surface area contributed by atoms with Crippen LogP contribution in [-0.4, -0.2) is 44.7 Å². The van der Waals surface area contributed by atoms with E-state index in [0.29, 0.717) is 12.5 Å². The normalized spacial score (nSPS) is 18.3. The molecule has 7 heteroatoms. The van der Waals surface area contributed by atoms with Gasteiger partial charge in [0, 0.05) is 39.7 Å². The molecule has 124 valence electrons. The highest BCUT2D eigenvalue weighted by molar-refractivity contribution is 14.0. The summed E-state index contributed by atoms with van der Waals surface area (Å²) in [5, 5.41) is 3.44. The highest BCUT2D eigenvalue weighted by atomic mass is 127. The molecule has 1 N–H and O–H groups in total. The molecule has 1 heterocycles. The molecule has 2 rings (SSSR count). The average molecular weight is 442 g/mol. The average Bonchev–Trinajstić information content (AvgIpc) is 2.92. The molecule has 0 amide bonds. The minimum absolute atomic E-state index is 0. The Balaban J connectivity index is 0.00000242. The van der Waals surface area contributed by atoms with Gasteiger partial charge in [0.1, 0.15) is 5.82 Å². The summed E-state index contributed by atoms with van der Waals surface area (Å²) in [4.78, 5) is 6.52. The topological polar surface area (TPSA) is 36.9 Å². The number of ether oxygens (including phenoxy) is 1. The first-order valence-electron chi connectivity index (χ1n) is 7.02. The monoisotopic (exact) mass is 441 g/mol. The van der Waals surface area contributed by atoms with Crippen molar-refractivity contribution in [1.29, 1.82) is 0 Å². The number of likely N-dealkylation sites (tertiary alicyclic amines) is 1. The summed E-state index contributed by atoms with van der Waals surface area (Å²) in [5.41, 5.74) is 0.926. The van der Waals surface area contributed by atoms with Crippen molar-refractivity contribution < 1.29 is 9.13 Å². The molecule has 1 aromatic carbocycles. The summed E-state index contributed by atoms with van der Waals surface area (Å²) in [6.45, 7) is 3.26. The van der Waals surface area contributed by atoms with E-state index in [-0.39, 0.29) is 29.0 Å². The van der Waals surface area contributed by atoms with Crippen molar-refractivity contribution in [2.75, 3.05) is 33.9 Å². The second-order valence-corrected chi connectivity index (χ2v) is 5.61. The first-order valence-corrected chi connectivity index (χ1v) is 7.40. The predicted octanol–water partition coefficient (Wildman–Crippen LogP) is 3.14. The third kappa shape index (κ3) is 5.24. The third-order valence-electron chi connectivity index (χ3n) is 3.63. The lowest BCUT2D eigenvalue weighted by molar-refractivity contribution is 0.157. The van der Waals surface area contributed by atoms with Gasteiger partial charge in [-0.3, -0.25) is 4.99 Å². The molecular formula is C15H22ClFIN3O. The quantitative estimate of drug-likeness (QED) is 0.443. The van der Waals surface area contributed by atoms with Gasteiger partial charge in [-0.15, -0.1) is 24.0 Å². The Morgan fingerprint density at radius 2 is 2.32 bits per heavy atom. The van der Waals surface area contributed by atoms with Crippen molar-refractivity contribution in [2.24, 2.45) is 10.9 Å². The van der Waals surface area contributed by atoms with Crippen LogP contribution < -0.4 is 5.32 Å². The van der Waals surface area contributed by atoms with Crippen molar-refractivity contribution in [3.05, 3.63) is 34.6 Å². The Labute approximate surface area is 153 Å². The summed E-state index contributed by atoms with van der Waals surface area (Å²) >= 11 is 5.79. The summed E-state index contributed by atoms with van der Waals surface area (Å²) in [5.74, 6) is 1.01. The van der Waals surface area contributed by atoms with Crippen LogP contribution in [0.25, 0.3) is 0 Å². The Bertz CT molecular complexity index is 516. The number of guanidine groups is 1. The smallest absolute Gasteiger partial charge is 0.193 e. The van der Waals surface area contributed by atoms with Crippen LogP contribution in [0, 0.1) is 11.7 Å². The van der Waals surface area contributed by atoms with Crippen LogP contribution in [0.5, 0.6) is 0 Å². The van der Waals surface area contributed by atoms with E-state index in [0.717, 1.165) is 37.6 Å². The minimum Gasteiger partial charge on any atom is -0.384 e. The molecule has 0 radical (unpaired) electrons. The lowest BCUT2D eigenvalue weighted by Gasteiger charge is -2.21. The fourth-order valence-electron chi connectivity index (χ4n) is 2.56. The largest absolute Gasteiger partial charge is 0.384 e. The van der Waals surface area contributed by atoms with E-state index >= 15 is 0 Å². The molecule has 1 fully saturated rings. The van der Waals surface area contributed by atoms with Crippen LogP contribution in [-0.2, 0) is 11.3 Å². The zero-order valence-electron chi connectivity index (χ0n) is 12.8. The first-order chi connectivity index (χ1) is 10.1. The van der Waals surface area contributed by atoms with Crippen LogP contribution in [0.4, 0.5) is 4.39 Å². The van der Waals surface area contributed by atoms with Crippen molar-refractivity contribution in [2.45, 2.75) is 13.0 Å². The van der Waals surface area contributed by atoms with Gasteiger partial charge >= 0.3 is 0 Å². The number of halogens is 3. The van der Waals surface area contributed by atoms with Gasteiger partial charge in [-0.2, -0.15) is 0 Å². The molecule has 1 aliphatic heterocycles. The summed E-state index contributed by atoms with van der Waals surface area (Å²) in [6.07, 6.45) is 1.11. The highest BCUT2D eigenvalue weighted by Crippen LogP contribution is 2.18. The number of methoxy groups -OCH3 is 1. The van der Waals surface area contributed by atoms with E-state index in [1.165, 1.54) is 6.07 Å². The molecule has 0 aromatic heterocycles. The van der Waals surface area contributed by atoms with E-state index < -0.39 is 5.82 Å². The molecule has 0 saturated carbocycles. The maximum atomic E-state index is 13.1. The zero-order chi connectivity index (χ0) is 15.2. The molecule has 1 aliphatic rings. The Hall–Kier alpha value is -0.600. The lowest BCUT2D eigenvalue weighted by atomic mass is 10.1. The highest BCUT2D eigenvalue weighted by Gasteiger charge is 2.24. The number of aliphatic imine (C=N–C) groups is 1. The van der Waals surface area contributed by atoms with Crippen molar-refractivity contribution >= 4 is 41.5 Å². The molecule has 22 heavy (non-hydrogen) atoms. The van der Waals surface area contributed by atoms with Crippen molar-refractivity contribution in [1.82, 2.24) is 10.2 Å². The van der Waals surface area contributed by atoms with E-state index in [2.05, 4.69) is 15.2 Å². The van der Waals surface area contributed by atoms with Gasteiger partial charge in [-0.05, 0) is 24.1 Å². The molecule has 0 bridgehead atoms. The predicted molar refractivity (Wildman–Crippen MR) is 98.6 cm³/mol. The fourth-order valence-corrected chi connectivity index (χ4v) is 2.76. The third-order valence-corrected chi connectivity index (χ3v) is 3.92. The Morgan fingerprint density at radius 1 is 1.55 bits per heavy atom. The SMILES string of the molecule is CN=C(NCc1ccc(F)c(Cl)c1)N1CCC(COC)C1.I. The van der Waals surface area contributed by atoms with Crippen molar-refractivity contribution in [3.8, 4) is 0 Å². The van der Waals surface area contributed by atoms with Gasteiger partial charge in [0.25, 0.3) is 0 Å². The molecular weight excluding hydrogens is 420 g/mol. The lowest BCUT2D eigenvalue weighted by Crippen LogP contribution is -2.39. The van der Waals surface area contributed by atoms with Crippen LogP contribution in [0.15, 0.2) is 23.2 Å².